The summed E-state index contributed by atoms with van der Waals surface area (Å²) in [6.45, 7) is 2.02. The number of aliphatic hydroxyl groups excluding tert-OH is 1. The lowest BCUT2D eigenvalue weighted by atomic mass is 9.93. The fraction of sp³-hybridized carbons (Fsp3) is 0.417. The molecule has 1 aromatic carbocycles. The van der Waals surface area contributed by atoms with Gasteiger partial charge in [0.1, 0.15) is 0 Å². The van der Waals surface area contributed by atoms with E-state index < -0.39 is 6.10 Å². The van der Waals surface area contributed by atoms with Crippen LogP contribution >= 0.6 is 0 Å². The second-order valence-electron chi connectivity index (χ2n) is 3.38. The van der Waals surface area contributed by atoms with Crippen LogP contribution in [0.3, 0.4) is 0 Å². The van der Waals surface area contributed by atoms with E-state index in [2.05, 4.69) is 6.07 Å². The Hall–Kier alpha value is -1.33. The van der Waals surface area contributed by atoms with E-state index in [1.54, 1.807) is 0 Å². The molecule has 0 fully saturated rings. The molecule has 0 radical (unpaired) electrons. The maximum Gasteiger partial charge on any atom is 0.0948 e. The highest BCUT2D eigenvalue weighted by Gasteiger charge is 2.18. The zero-order chi connectivity index (χ0) is 10.4. The van der Waals surface area contributed by atoms with Crippen molar-refractivity contribution in [3.05, 3.63) is 35.9 Å². The van der Waals surface area contributed by atoms with Crippen molar-refractivity contribution in [3.63, 3.8) is 0 Å². The zero-order valence-electron chi connectivity index (χ0n) is 8.35. The molecule has 0 aliphatic rings. The van der Waals surface area contributed by atoms with E-state index in [-0.39, 0.29) is 5.92 Å². The third-order valence-corrected chi connectivity index (χ3v) is 2.29. The summed E-state index contributed by atoms with van der Waals surface area (Å²) in [4.78, 5) is 0. The van der Waals surface area contributed by atoms with Gasteiger partial charge in [0.2, 0.25) is 0 Å². The van der Waals surface area contributed by atoms with Crippen LogP contribution in [-0.4, -0.2) is 5.11 Å². The molecule has 0 saturated carbocycles. The molecule has 1 aromatic rings. The summed E-state index contributed by atoms with van der Waals surface area (Å²) in [6.07, 6.45) is 1.01. The molecule has 0 unspecified atom stereocenters. The molecule has 14 heavy (non-hydrogen) atoms. The van der Waals surface area contributed by atoms with Crippen LogP contribution in [0.4, 0.5) is 0 Å². The predicted molar refractivity (Wildman–Crippen MR) is 55.4 cm³/mol. The number of rotatable bonds is 4. The quantitative estimate of drug-likeness (QED) is 0.791. The van der Waals surface area contributed by atoms with E-state index in [4.69, 9.17) is 5.26 Å². The molecular formula is C12H15NO. The first kappa shape index (κ1) is 10.7. The lowest BCUT2D eigenvalue weighted by Gasteiger charge is -2.15. The number of hydrogen-bond donors (Lipinski definition) is 1. The highest BCUT2D eigenvalue weighted by molar-refractivity contribution is 5.19. The minimum absolute atomic E-state index is 0.289. The van der Waals surface area contributed by atoms with Crippen molar-refractivity contribution in [1.82, 2.24) is 0 Å². The number of benzene rings is 1. The highest BCUT2D eigenvalue weighted by atomic mass is 16.3. The number of hydrogen-bond acceptors (Lipinski definition) is 2. The van der Waals surface area contributed by atoms with Gasteiger partial charge in [-0.15, -0.1) is 0 Å². The molecule has 1 N–H and O–H groups in total. The SMILES string of the molecule is CCC[C@H](C#N)[C@H](O)c1ccccc1. The van der Waals surface area contributed by atoms with E-state index in [9.17, 15) is 5.11 Å². The van der Waals surface area contributed by atoms with Crippen molar-refractivity contribution in [2.75, 3.05) is 0 Å². The number of nitrogens with zero attached hydrogens (tertiary/aromatic N) is 1. The van der Waals surface area contributed by atoms with Crippen LogP contribution in [0.5, 0.6) is 0 Å². The molecule has 74 valence electrons. The Morgan fingerprint density at radius 1 is 1.36 bits per heavy atom. The van der Waals surface area contributed by atoms with Gasteiger partial charge in [0, 0.05) is 0 Å². The lowest BCUT2D eigenvalue weighted by molar-refractivity contribution is 0.130. The lowest BCUT2D eigenvalue weighted by Crippen LogP contribution is -2.10. The minimum Gasteiger partial charge on any atom is -0.387 e. The number of aliphatic hydroxyl groups is 1. The van der Waals surface area contributed by atoms with Crippen molar-refractivity contribution in [2.24, 2.45) is 5.92 Å². The Bertz CT molecular complexity index is 302. The molecule has 0 amide bonds. The molecule has 0 aliphatic heterocycles. The van der Waals surface area contributed by atoms with Crippen LogP contribution in [0.25, 0.3) is 0 Å². The Labute approximate surface area is 84.8 Å². The summed E-state index contributed by atoms with van der Waals surface area (Å²) in [5.74, 6) is -0.289. The third-order valence-electron chi connectivity index (χ3n) is 2.29. The van der Waals surface area contributed by atoms with Gasteiger partial charge in [0.05, 0.1) is 18.1 Å². The monoisotopic (exact) mass is 189 g/mol. The average Bonchev–Trinajstić information content (AvgIpc) is 2.26. The first-order chi connectivity index (χ1) is 6.79. The van der Waals surface area contributed by atoms with Gasteiger partial charge < -0.3 is 5.11 Å². The van der Waals surface area contributed by atoms with E-state index in [1.807, 2.05) is 37.3 Å². The van der Waals surface area contributed by atoms with Gasteiger partial charge in [-0.2, -0.15) is 5.26 Å². The maximum atomic E-state index is 9.89. The van der Waals surface area contributed by atoms with Gasteiger partial charge in [0.15, 0.2) is 0 Å². The van der Waals surface area contributed by atoms with Crippen molar-refractivity contribution in [2.45, 2.75) is 25.9 Å². The van der Waals surface area contributed by atoms with Crippen LogP contribution in [0.15, 0.2) is 30.3 Å². The zero-order valence-corrected chi connectivity index (χ0v) is 8.35. The third kappa shape index (κ3) is 2.58. The molecule has 2 nitrogen and oxygen atoms in total. The van der Waals surface area contributed by atoms with Gasteiger partial charge in [-0.3, -0.25) is 0 Å². The van der Waals surface area contributed by atoms with E-state index in [1.165, 1.54) is 0 Å². The predicted octanol–water partition coefficient (Wildman–Crippen LogP) is 2.66. The van der Waals surface area contributed by atoms with Crippen LogP contribution in [0, 0.1) is 17.2 Å². The largest absolute Gasteiger partial charge is 0.387 e. The fourth-order valence-electron chi connectivity index (χ4n) is 1.49. The van der Waals surface area contributed by atoms with Gasteiger partial charge in [-0.1, -0.05) is 43.7 Å². The van der Waals surface area contributed by atoms with Gasteiger partial charge in [0.25, 0.3) is 0 Å². The van der Waals surface area contributed by atoms with Crippen molar-refractivity contribution in [1.29, 1.82) is 5.26 Å². The van der Waals surface area contributed by atoms with Gasteiger partial charge in [-0.05, 0) is 12.0 Å². The molecule has 2 atom stereocenters. The molecule has 0 heterocycles. The van der Waals surface area contributed by atoms with Crippen LogP contribution in [-0.2, 0) is 0 Å². The maximum absolute atomic E-state index is 9.89. The fourth-order valence-corrected chi connectivity index (χ4v) is 1.49. The van der Waals surface area contributed by atoms with Crippen LogP contribution in [0.1, 0.15) is 31.4 Å². The second kappa shape index (κ2) is 5.41. The molecule has 0 bridgehead atoms. The van der Waals surface area contributed by atoms with Crippen molar-refractivity contribution < 1.29 is 5.11 Å². The van der Waals surface area contributed by atoms with E-state index >= 15 is 0 Å². The number of nitriles is 1. The van der Waals surface area contributed by atoms with Crippen molar-refractivity contribution in [3.8, 4) is 6.07 Å². The summed E-state index contributed by atoms with van der Waals surface area (Å²) in [6, 6.07) is 11.5. The molecular weight excluding hydrogens is 174 g/mol. The Kier molecular flexibility index (Phi) is 4.15. The topological polar surface area (TPSA) is 44.0 Å². The smallest absolute Gasteiger partial charge is 0.0948 e. The summed E-state index contributed by atoms with van der Waals surface area (Å²) >= 11 is 0. The minimum atomic E-state index is -0.652. The summed E-state index contributed by atoms with van der Waals surface area (Å²) in [5.41, 5.74) is 0.826. The standard InChI is InChI=1S/C12H15NO/c1-2-6-11(9-13)12(14)10-7-4-3-5-8-10/h3-5,7-8,11-12,14H,2,6H2,1H3/t11-,12-/m1/s1. The average molecular weight is 189 g/mol. The van der Waals surface area contributed by atoms with E-state index in [0.29, 0.717) is 0 Å². The van der Waals surface area contributed by atoms with Crippen molar-refractivity contribution >= 4 is 0 Å². The normalized spacial score (nSPS) is 14.4. The first-order valence-corrected chi connectivity index (χ1v) is 4.92. The molecule has 0 spiro atoms. The van der Waals surface area contributed by atoms with Gasteiger partial charge >= 0.3 is 0 Å². The molecule has 2 heteroatoms. The summed E-state index contributed by atoms with van der Waals surface area (Å²) in [5, 5.41) is 18.8. The second-order valence-corrected chi connectivity index (χ2v) is 3.38. The van der Waals surface area contributed by atoms with E-state index in [0.717, 1.165) is 18.4 Å². The van der Waals surface area contributed by atoms with Gasteiger partial charge in [-0.25, -0.2) is 0 Å². The first-order valence-electron chi connectivity index (χ1n) is 4.92. The molecule has 0 saturated heterocycles. The summed E-state index contributed by atoms with van der Waals surface area (Å²) in [7, 11) is 0. The Morgan fingerprint density at radius 3 is 2.50 bits per heavy atom. The summed E-state index contributed by atoms with van der Waals surface area (Å²) < 4.78 is 0. The molecule has 1 rings (SSSR count). The highest BCUT2D eigenvalue weighted by Crippen LogP contribution is 2.24. The van der Waals surface area contributed by atoms with Crippen LogP contribution < -0.4 is 0 Å². The van der Waals surface area contributed by atoms with Crippen LogP contribution in [0.2, 0.25) is 0 Å². The molecule has 0 aromatic heterocycles. The Balaban J connectivity index is 2.74. The Morgan fingerprint density at radius 2 is 2.00 bits per heavy atom. The molecule has 0 aliphatic carbocycles.